The van der Waals surface area contributed by atoms with Gasteiger partial charge in [0.05, 0.1) is 17.9 Å². The first-order valence-corrected chi connectivity index (χ1v) is 9.76. The second-order valence-electron chi connectivity index (χ2n) is 7.54. The van der Waals surface area contributed by atoms with E-state index < -0.39 is 30.1 Å². The number of likely N-dealkylation sites (tertiary alicyclic amines) is 1. The van der Waals surface area contributed by atoms with Gasteiger partial charge in [-0.25, -0.2) is 9.07 Å². The van der Waals surface area contributed by atoms with Gasteiger partial charge in [0.2, 0.25) is 5.91 Å². The van der Waals surface area contributed by atoms with Gasteiger partial charge in [0.1, 0.15) is 11.9 Å². The van der Waals surface area contributed by atoms with Gasteiger partial charge in [0.25, 0.3) is 0 Å². The van der Waals surface area contributed by atoms with Crippen LogP contribution in [0.2, 0.25) is 0 Å². The largest absolute Gasteiger partial charge is 0.471 e. The third-order valence-corrected chi connectivity index (χ3v) is 5.63. The van der Waals surface area contributed by atoms with Gasteiger partial charge in [-0.3, -0.25) is 9.59 Å². The molecule has 2 heterocycles. The van der Waals surface area contributed by atoms with Gasteiger partial charge in [-0.2, -0.15) is 18.3 Å². The number of carbonyl (C=O) groups excluding carboxylic acids is 2. The number of aromatic nitrogens is 2. The number of carbonyl (C=O) groups is 2. The number of hydrogen-bond donors (Lipinski definition) is 1. The number of nitrogens with one attached hydrogen (secondary N) is 1. The number of rotatable bonds is 3. The van der Waals surface area contributed by atoms with Crippen molar-refractivity contribution in [2.24, 2.45) is 0 Å². The molecule has 1 aliphatic heterocycles. The van der Waals surface area contributed by atoms with Crippen molar-refractivity contribution in [3.05, 3.63) is 47.5 Å². The Morgan fingerprint density at radius 2 is 1.83 bits per heavy atom. The van der Waals surface area contributed by atoms with Gasteiger partial charge < -0.3 is 10.2 Å². The minimum absolute atomic E-state index is 0.0884. The summed E-state index contributed by atoms with van der Waals surface area (Å²) in [6.45, 7) is -0.0884. The van der Waals surface area contributed by atoms with E-state index in [0.717, 1.165) is 17.7 Å². The minimum Gasteiger partial charge on any atom is -0.347 e. The molecule has 1 aliphatic carbocycles. The van der Waals surface area contributed by atoms with Crippen molar-refractivity contribution >= 4 is 11.8 Å². The third kappa shape index (κ3) is 3.78. The first kappa shape index (κ1) is 20.4. The highest BCUT2D eigenvalue weighted by Gasteiger charge is 2.48. The van der Waals surface area contributed by atoms with Gasteiger partial charge >= 0.3 is 12.1 Å². The predicted molar refractivity (Wildman–Crippen MR) is 98.1 cm³/mol. The first-order chi connectivity index (χ1) is 14.3. The molecule has 10 heteroatoms. The topological polar surface area (TPSA) is 67.2 Å². The summed E-state index contributed by atoms with van der Waals surface area (Å²) in [5.41, 5.74) is 2.33. The van der Waals surface area contributed by atoms with E-state index in [1.54, 1.807) is 23.0 Å². The number of nitrogens with zero attached hydrogens (tertiary/aromatic N) is 3. The fourth-order valence-corrected chi connectivity index (χ4v) is 4.22. The lowest BCUT2D eigenvalue weighted by Crippen LogP contribution is -2.50. The molecule has 30 heavy (non-hydrogen) atoms. The molecular formula is C20H20F4N4O2. The van der Waals surface area contributed by atoms with Crippen molar-refractivity contribution < 1.29 is 27.2 Å². The Balaban J connectivity index is 1.52. The summed E-state index contributed by atoms with van der Waals surface area (Å²) in [5, 5.41) is 7.17. The summed E-state index contributed by atoms with van der Waals surface area (Å²) in [4.78, 5) is 25.0. The number of fused-ring (bicyclic) bond motifs is 1. The van der Waals surface area contributed by atoms with E-state index in [1.165, 1.54) is 12.1 Å². The molecule has 0 saturated carbocycles. The lowest BCUT2D eigenvalue weighted by Gasteiger charge is -2.29. The van der Waals surface area contributed by atoms with Crippen molar-refractivity contribution in [1.82, 2.24) is 20.0 Å². The standard InChI is InChI=1S/C20H20F4N4O2/c21-12-6-8-13(9-7-12)28-16-4-1-3-15(14(16)11-25-28)26-18(29)17-5-2-10-27(17)19(30)20(22,23)24/h6-9,11,15,17H,1-5,10H2,(H,26,29)/t15-,17-/m1/s1. The summed E-state index contributed by atoms with van der Waals surface area (Å²) in [5.74, 6) is -2.93. The molecule has 4 rings (SSSR count). The molecule has 1 fully saturated rings. The normalized spacial score (nSPS) is 21.4. The Hall–Kier alpha value is -2.91. The van der Waals surface area contributed by atoms with Crippen LogP contribution >= 0.6 is 0 Å². The molecule has 2 amide bonds. The van der Waals surface area contributed by atoms with Crippen molar-refractivity contribution in [2.45, 2.75) is 50.4 Å². The average molecular weight is 424 g/mol. The van der Waals surface area contributed by atoms with Gasteiger partial charge in [0, 0.05) is 17.8 Å². The zero-order valence-corrected chi connectivity index (χ0v) is 16.0. The first-order valence-electron chi connectivity index (χ1n) is 9.76. The summed E-state index contributed by atoms with van der Waals surface area (Å²) < 4.78 is 53.4. The zero-order chi connectivity index (χ0) is 21.5. The SMILES string of the molecule is O=C(N[C@@H]1CCCc2c1cnn2-c1ccc(F)cc1)[C@H]1CCCN1C(=O)C(F)(F)F. The highest BCUT2D eigenvalue weighted by molar-refractivity contribution is 5.90. The van der Waals surface area contributed by atoms with Crippen molar-refractivity contribution in [3.8, 4) is 5.69 Å². The molecule has 0 radical (unpaired) electrons. The van der Waals surface area contributed by atoms with Crippen molar-refractivity contribution in [2.75, 3.05) is 6.54 Å². The van der Waals surface area contributed by atoms with Crippen molar-refractivity contribution in [1.29, 1.82) is 0 Å². The molecule has 160 valence electrons. The van der Waals surface area contributed by atoms with Crippen LogP contribution < -0.4 is 5.32 Å². The molecule has 0 spiro atoms. The molecule has 2 aliphatic rings. The lowest BCUT2D eigenvalue weighted by atomic mass is 9.92. The Kier molecular flexibility index (Phi) is 5.25. The maximum absolute atomic E-state index is 13.2. The highest BCUT2D eigenvalue weighted by atomic mass is 19.4. The van der Waals surface area contributed by atoms with Crippen LogP contribution in [0.3, 0.4) is 0 Å². The molecule has 1 aromatic heterocycles. The van der Waals surface area contributed by atoms with Crippen LogP contribution in [0.5, 0.6) is 0 Å². The maximum Gasteiger partial charge on any atom is 0.471 e. The van der Waals surface area contributed by atoms with Crippen molar-refractivity contribution in [3.63, 3.8) is 0 Å². The Morgan fingerprint density at radius 3 is 2.53 bits per heavy atom. The van der Waals surface area contributed by atoms with Crippen LogP contribution in [0.25, 0.3) is 5.69 Å². The fraction of sp³-hybridized carbons (Fsp3) is 0.450. The smallest absolute Gasteiger partial charge is 0.347 e. The number of alkyl halides is 3. The quantitative estimate of drug-likeness (QED) is 0.771. The summed E-state index contributed by atoms with van der Waals surface area (Å²) in [7, 11) is 0. The van der Waals surface area contributed by atoms with E-state index >= 15 is 0 Å². The van der Waals surface area contributed by atoms with Crippen LogP contribution in [0.1, 0.15) is 43.0 Å². The maximum atomic E-state index is 13.2. The van der Waals surface area contributed by atoms with E-state index in [4.69, 9.17) is 0 Å². The van der Waals surface area contributed by atoms with E-state index in [1.807, 2.05) is 0 Å². The molecule has 0 bridgehead atoms. The van der Waals surface area contributed by atoms with E-state index in [0.29, 0.717) is 29.8 Å². The van der Waals surface area contributed by atoms with Crippen LogP contribution in [0.4, 0.5) is 17.6 Å². The number of hydrogen-bond acceptors (Lipinski definition) is 3. The van der Waals surface area contributed by atoms with Gasteiger partial charge in [-0.1, -0.05) is 0 Å². The van der Waals surface area contributed by atoms with Crippen LogP contribution in [-0.4, -0.2) is 45.3 Å². The van der Waals surface area contributed by atoms with Gasteiger partial charge in [-0.15, -0.1) is 0 Å². The van der Waals surface area contributed by atoms with E-state index in [2.05, 4.69) is 10.4 Å². The number of amides is 2. The molecule has 2 aromatic rings. The van der Waals surface area contributed by atoms with Crippen LogP contribution in [0.15, 0.2) is 30.5 Å². The summed E-state index contributed by atoms with van der Waals surface area (Å²) >= 11 is 0. The molecule has 6 nitrogen and oxygen atoms in total. The van der Waals surface area contributed by atoms with Gasteiger partial charge in [-0.05, 0) is 56.4 Å². The van der Waals surface area contributed by atoms with Gasteiger partial charge in [0.15, 0.2) is 0 Å². The average Bonchev–Trinajstić information content (AvgIpc) is 3.35. The Morgan fingerprint density at radius 1 is 1.10 bits per heavy atom. The van der Waals surface area contributed by atoms with Crippen LogP contribution in [-0.2, 0) is 16.0 Å². The predicted octanol–water partition coefficient (Wildman–Crippen LogP) is 3.06. The van der Waals surface area contributed by atoms with Crippen LogP contribution in [0, 0.1) is 5.82 Å². The fourth-order valence-electron chi connectivity index (χ4n) is 4.22. The lowest BCUT2D eigenvalue weighted by molar-refractivity contribution is -0.186. The Bertz CT molecular complexity index is 955. The number of benzene rings is 1. The molecule has 0 unspecified atom stereocenters. The number of halogens is 4. The molecule has 1 saturated heterocycles. The second kappa shape index (κ2) is 7.73. The Labute approximate surface area is 169 Å². The summed E-state index contributed by atoms with van der Waals surface area (Å²) in [6, 6.07) is 4.33. The van der Waals surface area contributed by atoms with E-state index in [-0.39, 0.29) is 18.8 Å². The zero-order valence-electron chi connectivity index (χ0n) is 16.0. The molecular weight excluding hydrogens is 404 g/mol. The second-order valence-corrected chi connectivity index (χ2v) is 7.54. The molecule has 1 N–H and O–H groups in total. The highest BCUT2D eigenvalue weighted by Crippen LogP contribution is 2.32. The third-order valence-electron chi connectivity index (χ3n) is 5.63. The monoisotopic (exact) mass is 424 g/mol. The minimum atomic E-state index is -5.00. The summed E-state index contributed by atoms with van der Waals surface area (Å²) in [6.07, 6.45) is -0.761. The molecule has 1 aromatic carbocycles. The molecule has 2 atom stereocenters. The van der Waals surface area contributed by atoms with E-state index in [9.17, 15) is 27.2 Å².